The largest absolute Gasteiger partial charge is 0.396 e. The van der Waals surface area contributed by atoms with Gasteiger partial charge in [0, 0.05) is 31.0 Å². The van der Waals surface area contributed by atoms with Gasteiger partial charge in [-0.15, -0.1) is 11.8 Å². The maximum Gasteiger partial charge on any atom is 0.244 e. The molecule has 3 aliphatic rings. The number of fused-ring (bicyclic) bond motifs is 1. The predicted molar refractivity (Wildman–Crippen MR) is 123 cm³/mol. The van der Waals surface area contributed by atoms with Gasteiger partial charge in [0.2, 0.25) is 17.7 Å². The van der Waals surface area contributed by atoms with Gasteiger partial charge in [-0.05, 0) is 46.0 Å². The Labute approximate surface area is 190 Å². The Bertz CT molecular complexity index is 704. The van der Waals surface area contributed by atoms with Crippen LogP contribution in [0.15, 0.2) is 0 Å². The minimum Gasteiger partial charge on any atom is -0.396 e. The number of hydrogen-bond acceptors (Lipinski definition) is 5. The molecular weight excluding hydrogens is 414 g/mol. The van der Waals surface area contributed by atoms with E-state index in [1.807, 2.05) is 6.92 Å². The highest BCUT2D eigenvalue weighted by atomic mass is 32.2. The average Bonchev–Trinajstić information content (AvgIpc) is 3.28. The van der Waals surface area contributed by atoms with Crippen molar-refractivity contribution in [3.63, 3.8) is 0 Å². The van der Waals surface area contributed by atoms with E-state index in [4.69, 9.17) is 5.11 Å². The molecule has 3 amide bonds. The third kappa shape index (κ3) is 4.22. The predicted octanol–water partition coefficient (Wildman–Crippen LogP) is 2.07. The van der Waals surface area contributed by atoms with Crippen LogP contribution in [0.1, 0.15) is 72.1 Å². The third-order valence-corrected chi connectivity index (χ3v) is 9.46. The Kier molecular flexibility index (Phi) is 7.62. The number of thioether (sulfide) groups is 1. The van der Waals surface area contributed by atoms with E-state index in [2.05, 4.69) is 24.5 Å². The number of amides is 3. The number of aliphatic hydroxyl groups excluding tert-OH is 1. The molecule has 176 valence electrons. The summed E-state index contributed by atoms with van der Waals surface area (Å²) in [4.78, 5) is 41.9. The minimum atomic E-state index is -0.524. The van der Waals surface area contributed by atoms with Crippen LogP contribution in [0.3, 0.4) is 0 Å². The van der Waals surface area contributed by atoms with Crippen molar-refractivity contribution < 1.29 is 19.5 Å². The van der Waals surface area contributed by atoms with Gasteiger partial charge in [0.25, 0.3) is 0 Å². The van der Waals surface area contributed by atoms with Crippen molar-refractivity contribution >= 4 is 29.5 Å². The fourth-order valence-corrected chi connectivity index (χ4v) is 8.45. The Morgan fingerprint density at radius 2 is 1.94 bits per heavy atom. The molecule has 0 radical (unpaired) electrons. The van der Waals surface area contributed by atoms with Gasteiger partial charge in [0.05, 0.1) is 16.6 Å². The van der Waals surface area contributed by atoms with Gasteiger partial charge < -0.3 is 20.6 Å². The summed E-state index contributed by atoms with van der Waals surface area (Å²) in [6.07, 6.45) is 6.89. The number of carbonyl (C=O) groups is 3. The van der Waals surface area contributed by atoms with Crippen molar-refractivity contribution in [1.82, 2.24) is 15.5 Å². The van der Waals surface area contributed by atoms with Crippen molar-refractivity contribution in [2.75, 3.05) is 20.2 Å². The van der Waals surface area contributed by atoms with Gasteiger partial charge in [-0.2, -0.15) is 0 Å². The Balaban J connectivity index is 1.89. The summed E-state index contributed by atoms with van der Waals surface area (Å²) in [6, 6.07) is -0.466. The minimum absolute atomic E-state index is 0.0324. The number of hydrogen-bond donors (Lipinski definition) is 3. The average molecular weight is 454 g/mol. The molecule has 8 heteroatoms. The zero-order valence-electron chi connectivity index (χ0n) is 19.4. The molecule has 0 aromatic carbocycles. The molecule has 0 saturated carbocycles. The molecule has 1 spiro atoms. The van der Waals surface area contributed by atoms with E-state index in [-0.39, 0.29) is 35.1 Å². The smallest absolute Gasteiger partial charge is 0.244 e. The number of rotatable bonds is 11. The molecule has 3 N–H and O–H groups in total. The summed E-state index contributed by atoms with van der Waals surface area (Å²) >= 11 is 1.72. The molecule has 0 aromatic rings. The molecule has 3 aliphatic heterocycles. The summed E-state index contributed by atoms with van der Waals surface area (Å²) < 4.78 is -0.828. The number of likely N-dealkylation sites (tertiary alicyclic amines) is 1. The lowest BCUT2D eigenvalue weighted by Gasteiger charge is -2.35. The quantitative estimate of drug-likeness (QED) is 0.416. The molecule has 2 bridgehead atoms. The first-order valence-corrected chi connectivity index (χ1v) is 12.7. The first kappa shape index (κ1) is 24.4. The van der Waals surface area contributed by atoms with Crippen LogP contribution >= 0.6 is 11.8 Å². The van der Waals surface area contributed by atoms with Crippen LogP contribution in [-0.4, -0.2) is 69.5 Å². The second kappa shape index (κ2) is 9.69. The van der Waals surface area contributed by atoms with E-state index < -0.39 is 22.6 Å². The van der Waals surface area contributed by atoms with Crippen LogP contribution in [0.5, 0.6) is 0 Å². The van der Waals surface area contributed by atoms with E-state index in [0.717, 1.165) is 51.4 Å². The maximum absolute atomic E-state index is 13.7. The lowest BCUT2D eigenvalue weighted by molar-refractivity contribution is -0.140. The highest BCUT2D eigenvalue weighted by Gasteiger charge is 2.76. The molecule has 0 aliphatic carbocycles. The van der Waals surface area contributed by atoms with Gasteiger partial charge in [-0.3, -0.25) is 14.4 Å². The molecule has 3 saturated heterocycles. The monoisotopic (exact) mass is 453 g/mol. The fourth-order valence-electron chi connectivity index (χ4n) is 6.10. The summed E-state index contributed by atoms with van der Waals surface area (Å²) in [5.74, 6) is -1.02. The van der Waals surface area contributed by atoms with Crippen LogP contribution in [0, 0.1) is 11.8 Å². The summed E-state index contributed by atoms with van der Waals surface area (Å²) in [7, 11) is 1.63. The van der Waals surface area contributed by atoms with Gasteiger partial charge in [-0.1, -0.05) is 26.2 Å². The van der Waals surface area contributed by atoms with Crippen molar-refractivity contribution in [3.05, 3.63) is 0 Å². The van der Waals surface area contributed by atoms with Crippen LogP contribution in [0.4, 0.5) is 0 Å². The topological polar surface area (TPSA) is 98.7 Å². The summed E-state index contributed by atoms with van der Waals surface area (Å²) in [6.45, 7) is 6.91. The normalized spacial score (nSPS) is 34.7. The number of carbonyl (C=O) groups excluding carboxylic acids is 3. The molecule has 0 aromatic heterocycles. The van der Waals surface area contributed by atoms with Gasteiger partial charge in [0.1, 0.15) is 6.04 Å². The number of nitrogens with zero attached hydrogens (tertiary/aromatic N) is 1. The lowest BCUT2D eigenvalue weighted by Crippen LogP contribution is -2.55. The standard InChI is InChI=1S/C23H39N3O4S/c1-5-10-15(2)25-20(29)18-23-12-11-22(3,31-23)16(19(28)24-4)17(23)21(30)26(18)13-8-6-7-9-14-27/h15-18,27H,5-14H2,1-4H3,(H,24,28)(H,25,29)/t15?,16-,17+,18?,22+,23?/m1/s1. The van der Waals surface area contributed by atoms with Crippen molar-refractivity contribution in [1.29, 1.82) is 0 Å². The Morgan fingerprint density at radius 3 is 2.58 bits per heavy atom. The SMILES string of the molecule is CCCC(C)NC(=O)C1N(CCCCCCO)C(=O)[C@@H]2[C@H](C(=O)NC)[C@]3(C)CCC12S3. The van der Waals surface area contributed by atoms with E-state index in [1.165, 1.54) is 0 Å². The first-order chi connectivity index (χ1) is 14.8. The van der Waals surface area contributed by atoms with E-state index in [0.29, 0.717) is 6.54 Å². The second-order valence-electron chi connectivity index (χ2n) is 9.71. The van der Waals surface area contributed by atoms with Crippen molar-refractivity contribution in [2.45, 2.75) is 93.7 Å². The van der Waals surface area contributed by atoms with Crippen LogP contribution < -0.4 is 10.6 Å². The van der Waals surface area contributed by atoms with Crippen LogP contribution in [0.25, 0.3) is 0 Å². The highest BCUT2D eigenvalue weighted by molar-refractivity contribution is 8.02. The zero-order valence-corrected chi connectivity index (χ0v) is 20.2. The molecule has 7 nitrogen and oxygen atoms in total. The van der Waals surface area contributed by atoms with E-state index >= 15 is 0 Å². The van der Waals surface area contributed by atoms with E-state index in [9.17, 15) is 14.4 Å². The molecule has 3 fully saturated rings. The molecule has 6 atom stereocenters. The maximum atomic E-state index is 13.7. The summed E-state index contributed by atoms with van der Waals surface area (Å²) in [5, 5.41) is 15.0. The zero-order chi connectivity index (χ0) is 22.8. The van der Waals surface area contributed by atoms with Gasteiger partial charge in [0.15, 0.2) is 0 Å². The summed E-state index contributed by atoms with van der Waals surface area (Å²) in [5.41, 5.74) is 0. The lowest BCUT2D eigenvalue weighted by atomic mass is 9.66. The van der Waals surface area contributed by atoms with Crippen LogP contribution in [-0.2, 0) is 14.4 Å². The molecule has 31 heavy (non-hydrogen) atoms. The number of nitrogens with one attached hydrogen (secondary N) is 2. The third-order valence-electron chi connectivity index (χ3n) is 7.47. The molecular formula is C23H39N3O4S. The number of unbranched alkanes of at least 4 members (excludes halogenated alkanes) is 3. The first-order valence-electron chi connectivity index (χ1n) is 11.9. The highest BCUT2D eigenvalue weighted by Crippen LogP contribution is 2.71. The van der Waals surface area contributed by atoms with Crippen molar-refractivity contribution in [3.8, 4) is 0 Å². The Morgan fingerprint density at radius 1 is 1.23 bits per heavy atom. The van der Waals surface area contributed by atoms with Crippen LogP contribution in [0.2, 0.25) is 0 Å². The van der Waals surface area contributed by atoms with Gasteiger partial charge >= 0.3 is 0 Å². The number of aliphatic hydroxyl groups is 1. The molecule has 3 heterocycles. The molecule has 3 unspecified atom stereocenters. The Hall–Kier alpha value is -1.28. The van der Waals surface area contributed by atoms with Gasteiger partial charge in [-0.25, -0.2) is 0 Å². The fraction of sp³-hybridized carbons (Fsp3) is 0.870. The second-order valence-corrected chi connectivity index (χ2v) is 11.6. The van der Waals surface area contributed by atoms with Crippen molar-refractivity contribution in [2.24, 2.45) is 11.8 Å². The van der Waals surface area contributed by atoms with E-state index in [1.54, 1.807) is 23.7 Å². The molecule has 3 rings (SSSR count).